The number of carboxylic acid groups (broad SMARTS) is 1. The topological polar surface area (TPSA) is 76.8 Å². The Labute approximate surface area is 127 Å². The van der Waals surface area contributed by atoms with Crippen molar-refractivity contribution in [2.24, 2.45) is 0 Å². The molecule has 2 saturated heterocycles. The van der Waals surface area contributed by atoms with E-state index in [1.165, 1.54) is 17.0 Å². The predicted octanol–water partition coefficient (Wildman–Crippen LogP) is 1.43. The van der Waals surface area contributed by atoms with Gasteiger partial charge in [0.15, 0.2) is 0 Å². The van der Waals surface area contributed by atoms with Gasteiger partial charge in [-0.2, -0.15) is 5.26 Å². The molecule has 1 amide bonds. The van der Waals surface area contributed by atoms with Gasteiger partial charge < -0.3 is 14.7 Å². The molecule has 0 aromatic heterocycles. The van der Waals surface area contributed by atoms with E-state index in [0.29, 0.717) is 32.8 Å². The zero-order valence-electron chi connectivity index (χ0n) is 11.9. The summed E-state index contributed by atoms with van der Waals surface area (Å²) in [4.78, 5) is 14.6. The minimum Gasteiger partial charge on any atom is -0.465 e. The molecule has 1 N–H and O–H groups in total. The Balaban J connectivity index is 1.71. The van der Waals surface area contributed by atoms with E-state index in [0.717, 1.165) is 5.56 Å². The first-order chi connectivity index (χ1) is 10.6. The fourth-order valence-corrected chi connectivity index (χ4v) is 2.99. The first-order valence-corrected chi connectivity index (χ1v) is 7.11. The van der Waals surface area contributed by atoms with Gasteiger partial charge in [-0.3, -0.25) is 4.90 Å². The third-order valence-corrected chi connectivity index (χ3v) is 4.25. The van der Waals surface area contributed by atoms with Crippen molar-refractivity contribution in [3.8, 4) is 6.07 Å². The zero-order valence-corrected chi connectivity index (χ0v) is 11.9. The second kappa shape index (κ2) is 5.91. The molecule has 3 rings (SSSR count). The van der Waals surface area contributed by atoms with Crippen molar-refractivity contribution in [3.63, 3.8) is 0 Å². The molecule has 2 atom stereocenters. The Morgan fingerprint density at radius 3 is 2.95 bits per heavy atom. The van der Waals surface area contributed by atoms with Crippen LogP contribution < -0.4 is 0 Å². The summed E-state index contributed by atoms with van der Waals surface area (Å²) < 4.78 is 19.2. The first-order valence-electron chi connectivity index (χ1n) is 7.11. The average molecular weight is 305 g/mol. The quantitative estimate of drug-likeness (QED) is 0.849. The van der Waals surface area contributed by atoms with Crippen LogP contribution in [-0.4, -0.2) is 59.8 Å². The fourth-order valence-electron chi connectivity index (χ4n) is 2.99. The molecular weight excluding hydrogens is 289 g/mol. The standard InChI is InChI=1S/C15H16FN3O3/c16-13-2-1-10(5-11(13)6-17)14-8-18-3-4-19(15(20)21)7-12(18)9-22-14/h1-2,5,12,14H,3-4,7-9H2,(H,20,21)/t12-,14+/m0/s1. The minimum absolute atomic E-state index is 0.0129. The second-order valence-corrected chi connectivity index (χ2v) is 5.55. The average Bonchev–Trinajstić information content (AvgIpc) is 2.54. The monoisotopic (exact) mass is 305 g/mol. The van der Waals surface area contributed by atoms with Crippen molar-refractivity contribution in [1.29, 1.82) is 5.26 Å². The third-order valence-electron chi connectivity index (χ3n) is 4.25. The van der Waals surface area contributed by atoms with Crippen LogP contribution in [0.15, 0.2) is 18.2 Å². The summed E-state index contributed by atoms with van der Waals surface area (Å²) in [7, 11) is 0. The number of ether oxygens (including phenoxy) is 1. The molecule has 2 fully saturated rings. The number of halogens is 1. The van der Waals surface area contributed by atoms with Gasteiger partial charge in [0.1, 0.15) is 11.9 Å². The number of carbonyl (C=O) groups is 1. The number of nitriles is 1. The SMILES string of the molecule is N#Cc1cc([C@H]2CN3CCN(C(=O)O)C[C@H]3CO2)ccc1F. The van der Waals surface area contributed by atoms with Crippen molar-refractivity contribution in [2.75, 3.05) is 32.8 Å². The number of hydrogen-bond acceptors (Lipinski definition) is 4. The van der Waals surface area contributed by atoms with Crippen molar-refractivity contribution in [2.45, 2.75) is 12.1 Å². The van der Waals surface area contributed by atoms with Crippen LogP contribution in [0.4, 0.5) is 9.18 Å². The first kappa shape index (κ1) is 14.8. The van der Waals surface area contributed by atoms with Crippen molar-refractivity contribution >= 4 is 6.09 Å². The van der Waals surface area contributed by atoms with Crippen LogP contribution in [0.25, 0.3) is 0 Å². The van der Waals surface area contributed by atoms with Crippen LogP contribution in [0.2, 0.25) is 0 Å². The molecule has 6 nitrogen and oxygen atoms in total. The molecule has 2 aliphatic rings. The number of amides is 1. The number of morpholine rings is 1. The van der Waals surface area contributed by atoms with Crippen LogP contribution in [-0.2, 0) is 4.74 Å². The highest BCUT2D eigenvalue weighted by Crippen LogP contribution is 2.28. The van der Waals surface area contributed by atoms with Gasteiger partial charge in [0.2, 0.25) is 0 Å². The zero-order chi connectivity index (χ0) is 15.7. The largest absolute Gasteiger partial charge is 0.465 e. The Morgan fingerprint density at radius 2 is 2.23 bits per heavy atom. The number of piperazine rings is 1. The van der Waals surface area contributed by atoms with Gasteiger partial charge in [-0.05, 0) is 17.7 Å². The van der Waals surface area contributed by atoms with E-state index in [1.54, 1.807) is 6.07 Å². The van der Waals surface area contributed by atoms with Gasteiger partial charge in [-0.25, -0.2) is 9.18 Å². The highest BCUT2D eigenvalue weighted by molar-refractivity contribution is 5.65. The van der Waals surface area contributed by atoms with Crippen LogP contribution in [0.1, 0.15) is 17.2 Å². The lowest BCUT2D eigenvalue weighted by Crippen LogP contribution is -2.59. The lowest BCUT2D eigenvalue weighted by atomic mass is 10.0. The van der Waals surface area contributed by atoms with Crippen LogP contribution in [0.3, 0.4) is 0 Å². The molecule has 22 heavy (non-hydrogen) atoms. The maximum atomic E-state index is 13.4. The Morgan fingerprint density at radius 1 is 1.41 bits per heavy atom. The highest BCUT2D eigenvalue weighted by atomic mass is 19.1. The van der Waals surface area contributed by atoms with Crippen LogP contribution in [0, 0.1) is 17.1 Å². The Kier molecular flexibility index (Phi) is 3.96. The minimum atomic E-state index is -0.904. The molecule has 0 radical (unpaired) electrons. The molecule has 0 unspecified atom stereocenters. The van der Waals surface area contributed by atoms with E-state index >= 15 is 0 Å². The summed E-state index contributed by atoms with van der Waals surface area (Å²) >= 11 is 0. The van der Waals surface area contributed by atoms with Crippen molar-refractivity contribution in [3.05, 3.63) is 35.1 Å². The Hall–Kier alpha value is -2.17. The van der Waals surface area contributed by atoms with E-state index in [-0.39, 0.29) is 17.7 Å². The van der Waals surface area contributed by atoms with Crippen LogP contribution in [0.5, 0.6) is 0 Å². The molecular formula is C15H16FN3O3. The van der Waals surface area contributed by atoms with Gasteiger partial charge in [0.05, 0.1) is 24.3 Å². The van der Waals surface area contributed by atoms with Crippen LogP contribution >= 0.6 is 0 Å². The number of nitrogens with zero attached hydrogens (tertiary/aromatic N) is 3. The number of fused-ring (bicyclic) bond motifs is 1. The number of rotatable bonds is 1. The maximum absolute atomic E-state index is 13.4. The predicted molar refractivity (Wildman–Crippen MR) is 74.8 cm³/mol. The molecule has 2 heterocycles. The van der Waals surface area contributed by atoms with Gasteiger partial charge in [-0.1, -0.05) is 6.07 Å². The summed E-state index contributed by atoms with van der Waals surface area (Å²) in [5.74, 6) is -0.532. The Bertz CT molecular complexity index is 631. The van der Waals surface area contributed by atoms with Gasteiger partial charge in [0, 0.05) is 26.2 Å². The van der Waals surface area contributed by atoms with E-state index < -0.39 is 11.9 Å². The fraction of sp³-hybridized carbons (Fsp3) is 0.467. The molecule has 1 aromatic rings. The second-order valence-electron chi connectivity index (χ2n) is 5.55. The summed E-state index contributed by atoms with van der Waals surface area (Å²) in [6, 6.07) is 6.32. The molecule has 0 bridgehead atoms. The normalized spacial score (nSPS) is 25.4. The van der Waals surface area contributed by atoms with Crippen molar-refractivity contribution < 1.29 is 19.0 Å². The van der Waals surface area contributed by atoms with E-state index in [4.69, 9.17) is 15.1 Å². The smallest absolute Gasteiger partial charge is 0.407 e. The highest BCUT2D eigenvalue weighted by Gasteiger charge is 2.35. The third kappa shape index (κ3) is 2.75. The molecule has 0 aliphatic carbocycles. The van der Waals surface area contributed by atoms with Gasteiger partial charge in [-0.15, -0.1) is 0 Å². The van der Waals surface area contributed by atoms with Gasteiger partial charge >= 0.3 is 6.09 Å². The number of benzene rings is 1. The lowest BCUT2D eigenvalue weighted by molar-refractivity contribution is -0.0866. The summed E-state index contributed by atoms with van der Waals surface area (Å²) in [6.07, 6.45) is -1.13. The summed E-state index contributed by atoms with van der Waals surface area (Å²) in [5.41, 5.74) is 0.788. The summed E-state index contributed by atoms with van der Waals surface area (Å²) in [6.45, 7) is 2.62. The summed E-state index contributed by atoms with van der Waals surface area (Å²) in [5, 5.41) is 18.0. The lowest BCUT2D eigenvalue weighted by Gasteiger charge is -2.45. The molecule has 7 heteroatoms. The van der Waals surface area contributed by atoms with E-state index in [1.807, 2.05) is 6.07 Å². The van der Waals surface area contributed by atoms with E-state index in [9.17, 15) is 9.18 Å². The molecule has 116 valence electrons. The molecule has 0 spiro atoms. The molecule has 2 aliphatic heterocycles. The van der Waals surface area contributed by atoms with E-state index in [2.05, 4.69) is 4.90 Å². The van der Waals surface area contributed by atoms with Crippen molar-refractivity contribution in [1.82, 2.24) is 9.80 Å². The molecule has 1 aromatic carbocycles. The molecule has 0 saturated carbocycles. The van der Waals surface area contributed by atoms with Gasteiger partial charge in [0.25, 0.3) is 0 Å². The maximum Gasteiger partial charge on any atom is 0.407 e. The number of hydrogen-bond donors (Lipinski definition) is 1.